The minimum absolute atomic E-state index is 0.0914. The Hall–Kier alpha value is -2.30. The Balaban J connectivity index is 2.02. The van der Waals surface area contributed by atoms with Gasteiger partial charge in [-0.2, -0.15) is 0 Å². The number of hydrogen-bond acceptors (Lipinski definition) is 4. The predicted molar refractivity (Wildman–Crippen MR) is 83.6 cm³/mol. The number of rotatable bonds is 6. The largest absolute Gasteiger partial charge is 0.360 e. The number of aromatic nitrogens is 1. The SMILES string of the molecule is CCc1cccc(CC)c1NC(=O)CNc1cc(C)on1. The van der Waals surface area contributed by atoms with Crippen LogP contribution in [-0.4, -0.2) is 17.6 Å². The van der Waals surface area contributed by atoms with Crippen LogP contribution in [0.4, 0.5) is 11.5 Å². The van der Waals surface area contributed by atoms with Crippen LogP contribution in [0.5, 0.6) is 0 Å². The Kier molecular flexibility index (Phi) is 4.98. The number of anilines is 2. The van der Waals surface area contributed by atoms with E-state index < -0.39 is 0 Å². The average Bonchev–Trinajstić information content (AvgIpc) is 2.91. The second-order valence-electron chi connectivity index (χ2n) is 4.88. The molecule has 21 heavy (non-hydrogen) atoms. The van der Waals surface area contributed by atoms with Gasteiger partial charge in [0.2, 0.25) is 5.91 Å². The zero-order chi connectivity index (χ0) is 15.2. The predicted octanol–water partition coefficient (Wildman–Crippen LogP) is 3.16. The highest BCUT2D eigenvalue weighted by Crippen LogP contribution is 2.22. The van der Waals surface area contributed by atoms with Gasteiger partial charge in [0.25, 0.3) is 0 Å². The van der Waals surface area contributed by atoms with E-state index in [0.29, 0.717) is 11.6 Å². The van der Waals surface area contributed by atoms with Gasteiger partial charge in [-0.3, -0.25) is 4.79 Å². The van der Waals surface area contributed by atoms with E-state index in [4.69, 9.17) is 4.52 Å². The van der Waals surface area contributed by atoms with Crippen molar-refractivity contribution >= 4 is 17.4 Å². The molecule has 0 spiro atoms. The van der Waals surface area contributed by atoms with Crippen LogP contribution >= 0.6 is 0 Å². The third kappa shape index (κ3) is 3.84. The second kappa shape index (κ2) is 6.92. The normalized spacial score (nSPS) is 10.4. The Bertz CT molecular complexity index is 597. The average molecular weight is 287 g/mol. The van der Waals surface area contributed by atoms with Gasteiger partial charge in [0.15, 0.2) is 5.82 Å². The van der Waals surface area contributed by atoms with E-state index in [1.807, 2.05) is 25.1 Å². The first-order chi connectivity index (χ1) is 10.1. The van der Waals surface area contributed by atoms with Crippen LogP contribution < -0.4 is 10.6 Å². The van der Waals surface area contributed by atoms with Crippen LogP contribution in [0.15, 0.2) is 28.8 Å². The summed E-state index contributed by atoms with van der Waals surface area (Å²) in [6.07, 6.45) is 1.78. The molecule has 1 heterocycles. The fourth-order valence-electron chi connectivity index (χ4n) is 2.21. The van der Waals surface area contributed by atoms with Crippen molar-refractivity contribution < 1.29 is 9.32 Å². The molecule has 2 N–H and O–H groups in total. The van der Waals surface area contributed by atoms with Crippen LogP contribution in [0.1, 0.15) is 30.7 Å². The van der Waals surface area contributed by atoms with Crippen molar-refractivity contribution in [2.75, 3.05) is 17.2 Å². The van der Waals surface area contributed by atoms with E-state index in [1.54, 1.807) is 6.07 Å². The maximum Gasteiger partial charge on any atom is 0.243 e. The molecule has 0 aliphatic heterocycles. The van der Waals surface area contributed by atoms with Gasteiger partial charge in [0.05, 0.1) is 6.54 Å². The standard InChI is InChI=1S/C16H21N3O2/c1-4-12-7-6-8-13(5-2)16(12)18-15(20)10-17-14-9-11(3)21-19-14/h6-9H,4-5,10H2,1-3H3,(H,17,19)(H,18,20). The molecule has 5 nitrogen and oxygen atoms in total. The first-order valence-corrected chi connectivity index (χ1v) is 7.21. The van der Waals surface area contributed by atoms with E-state index in [-0.39, 0.29) is 12.5 Å². The van der Waals surface area contributed by atoms with Gasteiger partial charge in [-0.25, -0.2) is 0 Å². The van der Waals surface area contributed by atoms with E-state index in [2.05, 4.69) is 29.6 Å². The van der Waals surface area contributed by atoms with Crippen LogP contribution in [-0.2, 0) is 17.6 Å². The lowest BCUT2D eigenvalue weighted by molar-refractivity contribution is -0.114. The van der Waals surface area contributed by atoms with Crippen LogP contribution in [0.25, 0.3) is 0 Å². The summed E-state index contributed by atoms with van der Waals surface area (Å²) in [5.41, 5.74) is 3.24. The fraction of sp³-hybridized carbons (Fsp3) is 0.375. The summed E-state index contributed by atoms with van der Waals surface area (Å²) in [5.74, 6) is 1.19. The Morgan fingerprint density at radius 2 is 1.90 bits per heavy atom. The maximum atomic E-state index is 12.1. The molecule has 0 aliphatic carbocycles. The summed E-state index contributed by atoms with van der Waals surface area (Å²) in [7, 11) is 0. The molecule has 2 rings (SSSR count). The van der Waals surface area contributed by atoms with Gasteiger partial charge in [-0.05, 0) is 30.9 Å². The summed E-state index contributed by atoms with van der Waals surface area (Å²) in [4.78, 5) is 12.1. The fourth-order valence-corrected chi connectivity index (χ4v) is 2.21. The molecule has 1 amide bonds. The summed E-state index contributed by atoms with van der Waals surface area (Å²) in [6.45, 7) is 6.14. The van der Waals surface area contributed by atoms with E-state index in [1.165, 1.54) is 0 Å². The Morgan fingerprint density at radius 3 is 2.43 bits per heavy atom. The molecule has 0 aliphatic rings. The molecule has 0 bridgehead atoms. The van der Waals surface area contributed by atoms with Crippen molar-refractivity contribution in [2.45, 2.75) is 33.6 Å². The Labute approximate surface area is 124 Å². The van der Waals surface area contributed by atoms with Crippen LogP contribution in [0.2, 0.25) is 0 Å². The lowest BCUT2D eigenvalue weighted by Crippen LogP contribution is -2.23. The van der Waals surface area contributed by atoms with E-state index >= 15 is 0 Å². The molecule has 0 unspecified atom stereocenters. The highest BCUT2D eigenvalue weighted by molar-refractivity contribution is 5.95. The van der Waals surface area contributed by atoms with Crippen molar-refractivity contribution in [3.63, 3.8) is 0 Å². The topological polar surface area (TPSA) is 67.2 Å². The van der Waals surface area contributed by atoms with Crippen LogP contribution in [0, 0.1) is 6.92 Å². The molecule has 112 valence electrons. The minimum Gasteiger partial charge on any atom is -0.360 e. The van der Waals surface area contributed by atoms with Gasteiger partial charge in [0, 0.05) is 11.8 Å². The van der Waals surface area contributed by atoms with Gasteiger partial charge < -0.3 is 15.2 Å². The molecule has 0 fully saturated rings. The molecular weight excluding hydrogens is 266 g/mol. The summed E-state index contributed by atoms with van der Waals surface area (Å²) in [5, 5.41) is 9.74. The number of amides is 1. The number of nitrogens with one attached hydrogen (secondary N) is 2. The number of benzene rings is 1. The minimum atomic E-state index is -0.0914. The van der Waals surface area contributed by atoms with Crippen LogP contribution in [0.3, 0.4) is 0 Å². The molecular formula is C16H21N3O2. The zero-order valence-electron chi connectivity index (χ0n) is 12.7. The quantitative estimate of drug-likeness (QED) is 0.856. The summed E-state index contributed by atoms with van der Waals surface area (Å²) >= 11 is 0. The van der Waals surface area contributed by atoms with Crippen molar-refractivity contribution in [2.24, 2.45) is 0 Å². The van der Waals surface area contributed by atoms with Gasteiger partial charge in [-0.1, -0.05) is 37.2 Å². The van der Waals surface area contributed by atoms with E-state index in [0.717, 1.165) is 29.7 Å². The van der Waals surface area contributed by atoms with Gasteiger partial charge in [-0.15, -0.1) is 0 Å². The number of aryl methyl sites for hydroxylation is 3. The van der Waals surface area contributed by atoms with Gasteiger partial charge in [0.1, 0.15) is 5.76 Å². The molecule has 0 atom stereocenters. The third-order valence-corrected chi connectivity index (χ3v) is 3.32. The molecule has 0 saturated heterocycles. The molecule has 5 heteroatoms. The molecule has 0 saturated carbocycles. The number of nitrogens with zero attached hydrogens (tertiary/aromatic N) is 1. The van der Waals surface area contributed by atoms with Crippen molar-refractivity contribution in [3.05, 3.63) is 41.2 Å². The van der Waals surface area contributed by atoms with Crippen molar-refractivity contribution in [1.82, 2.24) is 5.16 Å². The highest BCUT2D eigenvalue weighted by Gasteiger charge is 2.10. The smallest absolute Gasteiger partial charge is 0.243 e. The summed E-state index contributed by atoms with van der Waals surface area (Å²) < 4.78 is 4.94. The lowest BCUT2D eigenvalue weighted by atomic mass is 10.0. The number of para-hydroxylation sites is 1. The summed E-state index contributed by atoms with van der Waals surface area (Å²) in [6, 6.07) is 7.88. The molecule has 2 aromatic rings. The van der Waals surface area contributed by atoms with E-state index in [9.17, 15) is 4.79 Å². The monoisotopic (exact) mass is 287 g/mol. The molecule has 1 aromatic heterocycles. The maximum absolute atomic E-state index is 12.1. The Morgan fingerprint density at radius 1 is 1.24 bits per heavy atom. The number of hydrogen-bond donors (Lipinski definition) is 2. The number of carbonyl (C=O) groups excluding carboxylic acids is 1. The second-order valence-corrected chi connectivity index (χ2v) is 4.88. The first kappa shape index (κ1) is 15.1. The molecule has 0 radical (unpaired) electrons. The van der Waals surface area contributed by atoms with Crippen molar-refractivity contribution in [3.8, 4) is 0 Å². The lowest BCUT2D eigenvalue weighted by Gasteiger charge is -2.14. The number of carbonyl (C=O) groups is 1. The third-order valence-electron chi connectivity index (χ3n) is 3.32. The van der Waals surface area contributed by atoms with Crippen molar-refractivity contribution in [1.29, 1.82) is 0 Å². The first-order valence-electron chi connectivity index (χ1n) is 7.21. The van der Waals surface area contributed by atoms with Gasteiger partial charge >= 0.3 is 0 Å². The highest BCUT2D eigenvalue weighted by atomic mass is 16.5. The zero-order valence-corrected chi connectivity index (χ0v) is 12.7. The molecule has 1 aromatic carbocycles.